The molecule has 0 N–H and O–H groups in total. The molecule has 1 aliphatic rings. The highest BCUT2D eigenvalue weighted by Crippen LogP contribution is 2.22. The monoisotopic (exact) mass is 233 g/mol. The molecule has 1 atom stereocenters. The quantitative estimate of drug-likeness (QED) is 0.508. The Hall–Kier alpha value is -0.770. The first-order valence-electron chi connectivity index (χ1n) is 4.50. The normalized spacial score (nSPS) is 24.8. The maximum atomic E-state index is 11.2. The molecule has 0 bridgehead atoms. The van der Waals surface area contributed by atoms with E-state index in [1.54, 1.807) is 13.8 Å². The minimum Gasteiger partial charge on any atom is -0.348 e. The van der Waals surface area contributed by atoms with Gasteiger partial charge in [-0.1, -0.05) is 6.42 Å². The fraction of sp³-hybridized carbons (Fsp3) is 0.778. The fourth-order valence-corrected chi connectivity index (χ4v) is 1.95. The van der Waals surface area contributed by atoms with Crippen LogP contribution in [0.2, 0.25) is 0 Å². The Balaban J connectivity index is 2.61. The molecule has 1 rings (SSSR count). The van der Waals surface area contributed by atoms with Gasteiger partial charge in [-0.3, -0.25) is 0 Å². The third-order valence-electron chi connectivity index (χ3n) is 1.98. The van der Waals surface area contributed by atoms with Crippen molar-refractivity contribution in [3.8, 4) is 12.5 Å². The van der Waals surface area contributed by atoms with Crippen LogP contribution < -0.4 is 0 Å². The van der Waals surface area contributed by atoms with Gasteiger partial charge in [0.1, 0.15) is 6.10 Å². The third kappa shape index (κ3) is 3.38. The van der Waals surface area contributed by atoms with Gasteiger partial charge >= 0.3 is 0 Å². The van der Waals surface area contributed by atoms with Gasteiger partial charge in [0.2, 0.25) is 10.0 Å². The fourth-order valence-electron chi connectivity index (χ4n) is 1.32. The molecule has 15 heavy (non-hydrogen) atoms. The van der Waals surface area contributed by atoms with Crippen LogP contribution in [0.5, 0.6) is 0 Å². The van der Waals surface area contributed by atoms with Crippen LogP contribution in [-0.2, 0) is 19.5 Å². The number of nitrogens with zero attached hydrogens (tertiary/aromatic N) is 1. The molecule has 0 saturated carbocycles. The summed E-state index contributed by atoms with van der Waals surface area (Å²) in [6, 6.07) is 2.11. The van der Waals surface area contributed by atoms with E-state index in [2.05, 4.69) is 6.04 Å². The SMILES string of the molecule is C#CN(CC1COC(C)(C)O1)S(C)(=O)=O. The van der Waals surface area contributed by atoms with E-state index in [0.29, 0.717) is 6.61 Å². The number of hydrogen-bond acceptors (Lipinski definition) is 4. The van der Waals surface area contributed by atoms with Gasteiger partial charge in [0.05, 0.1) is 19.4 Å². The van der Waals surface area contributed by atoms with Crippen LogP contribution >= 0.6 is 0 Å². The highest BCUT2D eigenvalue weighted by molar-refractivity contribution is 7.88. The molecule has 0 spiro atoms. The summed E-state index contributed by atoms with van der Waals surface area (Å²) in [6.45, 7) is 4.01. The maximum absolute atomic E-state index is 11.2. The lowest BCUT2D eigenvalue weighted by Gasteiger charge is -2.20. The molecule has 0 amide bonds. The average molecular weight is 233 g/mol. The van der Waals surface area contributed by atoms with E-state index >= 15 is 0 Å². The Morgan fingerprint density at radius 1 is 1.60 bits per heavy atom. The smallest absolute Gasteiger partial charge is 0.238 e. The molecule has 1 heterocycles. The van der Waals surface area contributed by atoms with E-state index in [4.69, 9.17) is 15.9 Å². The van der Waals surface area contributed by atoms with Crippen LogP contribution in [0.3, 0.4) is 0 Å². The summed E-state index contributed by atoms with van der Waals surface area (Å²) in [4.78, 5) is 0. The van der Waals surface area contributed by atoms with E-state index in [9.17, 15) is 8.42 Å². The second-order valence-electron chi connectivity index (χ2n) is 3.87. The molecule has 0 aromatic carbocycles. The first-order valence-corrected chi connectivity index (χ1v) is 6.35. The predicted octanol–water partition coefficient (Wildman–Crippen LogP) is -0.00980. The zero-order valence-corrected chi connectivity index (χ0v) is 9.87. The van der Waals surface area contributed by atoms with Crippen LogP contribution in [0.15, 0.2) is 0 Å². The second kappa shape index (κ2) is 4.00. The summed E-state index contributed by atoms with van der Waals surface area (Å²) >= 11 is 0. The van der Waals surface area contributed by atoms with Crippen LogP contribution in [0.4, 0.5) is 0 Å². The Bertz CT molecular complexity index is 368. The standard InChI is InChI=1S/C9H15NO4S/c1-5-10(15(4,11)12)6-8-7-13-9(2,3)14-8/h1,8H,6-7H2,2-4H3. The van der Waals surface area contributed by atoms with Crippen LogP contribution in [0, 0.1) is 12.5 Å². The Morgan fingerprint density at radius 3 is 2.53 bits per heavy atom. The number of hydrogen-bond donors (Lipinski definition) is 0. The van der Waals surface area contributed by atoms with Crippen molar-refractivity contribution < 1.29 is 17.9 Å². The molecule has 6 heteroatoms. The van der Waals surface area contributed by atoms with Crippen molar-refractivity contribution in [2.75, 3.05) is 19.4 Å². The molecule has 0 aliphatic carbocycles. The molecule has 1 saturated heterocycles. The molecule has 1 unspecified atom stereocenters. The molecule has 1 fully saturated rings. The zero-order valence-electron chi connectivity index (χ0n) is 9.06. The lowest BCUT2D eigenvalue weighted by molar-refractivity contribution is -0.138. The summed E-state index contributed by atoms with van der Waals surface area (Å²) in [5, 5.41) is 0. The van der Waals surface area contributed by atoms with Crippen molar-refractivity contribution in [2.24, 2.45) is 0 Å². The van der Waals surface area contributed by atoms with Gasteiger partial charge in [-0.25, -0.2) is 12.7 Å². The summed E-state index contributed by atoms with van der Waals surface area (Å²) in [5.74, 6) is -0.664. The van der Waals surface area contributed by atoms with Gasteiger partial charge < -0.3 is 9.47 Å². The van der Waals surface area contributed by atoms with E-state index < -0.39 is 15.8 Å². The molecular weight excluding hydrogens is 218 g/mol. The van der Waals surface area contributed by atoms with E-state index in [1.165, 1.54) is 0 Å². The number of sulfonamides is 1. The molecule has 0 aromatic heterocycles. The minimum atomic E-state index is -3.38. The molecule has 86 valence electrons. The van der Waals surface area contributed by atoms with Crippen molar-refractivity contribution in [1.82, 2.24) is 4.31 Å². The van der Waals surface area contributed by atoms with Gasteiger partial charge in [0, 0.05) is 6.04 Å². The Morgan fingerprint density at radius 2 is 2.20 bits per heavy atom. The van der Waals surface area contributed by atoms with Gasteiger partial charge in [-0.15, -0.1) is 0 Å². The lowest BCUT2D eigenvalue weighted by Crippen LogP contribution is -2.35. The number of rotatable bonds is 3. The highest BCUT2D eigenvalue weighted by atomic mass is 32.2. The van der Waals surface area contributed by atoms with E-state index in [-0.39, 0.29) is 12.6 Å². The number of ether oxygens (including phenoxy) is 2. The van der Waals surface area contributed by atoms with Gasteiger partial charge in [0.15, 0.2) is 5.79 Å². The van der Waals surface area contributed by atoms with Crippen molar-refractivity contribution in [3.05, 3.63) is 0 Å². The third-order valence-corrected chi connectivity index (χ3v) is 3.04. The van der Waals surface area contributed by atoms with Gasteiger partial charge in [0.25, 0.3) is 0 Å². The van der Waals surface area contributed by atoms with E-state index in [1.807, 2.05) is 0 Å². The van der Waals surface area contributed by atoms with Crippen LogP contribution in [0.25, 0.3) is 0 Å². The summed E-state index contributed by atoms with van der Waals surface area (Å²) in [7, 11) is -3.38. The zero-order chi connectivity index (χ0) is 11.7. The Labute approximate surface area is 90.4 Å². The van der Waals surface area contributed by atoms with E-state index in [0.717, 1.165) is 10.6 Å². The number of terminal acetylenes is 1. The summed E-state index contributed by atoms with van der Waals surface area (Å²) in [6.07, 6.45) is 5.85. The minimum absolute atomic E-state index is 0.124. The lowest BCUT2D eigenvalue weighted by atomic mass is 10.4. The van der Waals surface area contributed by atoms with Crippen molar-refractivity contribution in [1.29, 1.82) is 0 Å². The molecule has 5 nitrogen and oxygen atoms in total. The second-order valence-corrected chi connectivity index (χ2v) is 5.78. The van der Waals surface area contributed by atoms with Gasteiger partial charge in [-0.05, 0) is 13.8 Å². The van der Waals surface area contributed by atoms with Crippen LogP contribution in [0.1, 0.15) is 13.8 Å². The molecule has 1 aliphatic heterocycles. The predicted molar refractivity (Wildman–Crippen MR) is 55.3 cm³/mol. The highest BCUT2D eigenvalue weighted by Gasteiger charge is 2.34. The molecule has 0 radical (unpaired) electrons. The van der Waals surface area contributed by atoms with Crippen molar-refractivity contribution in [3.63, 3.8) is 0 Å². The summed E-state index contributed by atoms with van der Waals surface area (Å²) in [5.41, 5.74) is 0. The first-order chi connectivity index (χ1) is 6.74. The average Bonchev–Trinajstić information content (AvgIpc) is 2.39. The van der Waals surface area contributed by atoms with Gasteiger partial charge in [-0.2, -0.15) is 0 Å². The topological polar surface area (TPSA) is 55.8 Å². The molecular formula is C9H15NO4S. The summed E-state index contributed by atoms with van der Waals surface area (Å²) < 4.78 is 34.1. The van der Waals surface area contributed by atoms with Crippen molar-refractivity contribution in [2.45, 2.75) is 25.7 Å². The first kappa shape index (κ1) is 12.3. The maximum Gasteiger partial charge on any atom is 0.238 e. The Kier molecular flexibility index (Phi) is 3.28. The van der Waals surface area contributed by atoms with Crippen LogP contribution in [-0.4, -0.2) is 44.0 Å². The van der Waals surface area contributed by atoms with Crippen molar-refractivity contribution >= 4 is 10.0 Å². The largest absolute Gasteiger partial charge is 0.348 e. The molecule has 0 aromatic rings.